The number of carbonyl (C=O) groups excluding carboxylic acids is 1. The molecule has 1 fully saturated rings. The first-order chi connectivity index (χ1) is 2.89. The third-order valence-electron chi connectivity index (χ3n) is 0.518. The molecule has 1 radical (unpaired) electrons. The van der Waals surface area contributed by atoms with Crippen LogP contribution in [0.4, 0.5) is 0 Å². The molecule has 0 atom stereocenters. The molecule has 0 unspecified atom stereocenters. The maximum Gasteiger partial charge on any atom is 0.248 e. The lowest BCUT2D eigenvalue weighted by atomic mass is 10.7. The predicted octanol–water partition coefficient (Wildman–Crippen LogP) is -0.748. The monoisotopic (exact) mass is 86.0 g/mol. The zero-order chi connectivity index (χ0) is 4.41. The van der Waals surface area contributed by atoms with Gasteiger partial charge in [0.15, 0.2) is 6.73 Å². The molecule has 0 aromatic rings. The lowest BCUT2D eigenvalue weighted by Crippen LogP contribution is -2.11. The van der Waals surface area contributed by atoms with Gasteiger partial charge in [0.1, 0.15) is 6.61 Å². The van der Waals surface area contributed by atoms with E-state index in [1.807, 2.05) is 0 Å². The summed E-state index contributed by atoms with van der Waals surface area (Å²) in [6.45, 7) is 1.46. The summed E-state index contributed by atoms with van der Waals surface area (Å²) >= 11 is 0. The second kappa shape index (κ2) is 1.26. The molecule has 0 saturated carbocycles. The first kappa shape index (κ1) is 3.61. The van der Waals surface area contributed by atoms with Crippen molar-refractivity contribution in [2.75, 3.05) is 6.61 Å². The summed E-state index contributed by atoms with van der Waals surface area (Å²) in [5.41, 5.74) is 0. The number of rotatable bonds is 0. The van der Waals surface area contributed by atoms with Gasteiger partial charge < -0.3 is 10.1 Å². The van der Waals surface area contributed by atoms with Crippen LogP contribution in [0.5, 0.6) is 0 Å². The van der Waals surface area contributed by atoms with Crippen LogP contribution >= 0.6 is 0 Å². The standard InChI is InChI=1S/C3H4NO2/c5-3-1-6-2-4-3/h2H,1H2,(H,4,5). The largest absolute Gasteiger partial charge is 0.344 e. The van der Waals surface area contributed by atoms with Gasteiger partial charge in [0.25, 0.3) is 0 Å². The second-order valence-electron chi connectivity index (χ2n) is 0.996. The summed E-state index contributed by atoms with van der Waals surface area (Å²) in [6, 6.07) is 0. The molecule has 1 aliphatic rings. The number of hydrogen-bond donors (Lipinski definition) is 1. The molecule has 1 amide bonds. The van der Waals surface area contributed by atoms with Gasteiger partial charge in [0.05, 0.1) is 0 Å². The minimum atomic E-state index is -0.0741. The quantitative estimate of drug-likeness (QED) is 0.421. The molecule has 1 saturated heterocycles. The zero-order valence-corrected chi connectivity index (χ0v) is 3.10. The number of hydrogen-bond acceptors (Lipinski definition) is 2. The predicted molar refractivity (Wildman–Crippen MR) is 18.4 cm³/mol. The fourth-order valence-electron chi connectivity index (χ4n) is 0.266. The first-order valence-corrected chi connectivity index (χ1v) is 1.62. The van der Waals surface area contributed by atoms with Crippen molar-refractivity contribution < 1.29 is 9.53 Å². The van der Waals surface area contributed by atoms with E-state index in [2.05, 4.69) is 10.1 Å². The molecule has 1 N–H and O–H groups in total. The fraction of sp³-hybridized carbons (Fsp3) is 0.333. The van der Waals surface area contributed by atoms with Crippen molar-refractivity contribution in [1.29, 1.82) is 0 Å². The minimum absolute atomic E-state index is 0.0741. The Morgan fingerprint density at radius 3 is 3.00 bits per heavy atom. The number of nitrogens with one attached hydrogen (secondary N) is 1. The molecule has 33 valence electrons. The van der Waals surface area contributed by atoms with Crippen LogP contribution in [0.15, 0.2) is 0 Å². The van der Waals surface area contributed by atoms with Crippen LogP contribution in [-0.2, 0) is 9.53 Å². The average molecular weight is 86.1 g/mol. The van der Waals surface area contributed by atoms with E-state index in [1.165, 1.54) is 6.73 Å². The Balaban J connectivity index is 2.37. The SMILES string of the molecule is O=C1CO[CH]N1. The molecular formula is C3H4NO2. The van der Waals surface area contributed by atoms with Crippen molar-refractivity contribution in [2.45, 2.75) is 0 Å². The van der Waals surface area contributed by atoms with Crippen LogP contribution in [0.1, 0.15) is 0 Å². The van der Waals surface area contributed by atoms with Crippen molar-refractivity contribution in [3.05, 3.63) is 6.73 Å². The van der Waals surface area contributed by atoms with Crippen LogP contribution in [-0.4, -0.2) is 12.5 Å². The molecule has 1 rings (SSSR count). The maximum atomic E-state index is 9.98. The summed E-state index contributed by atoms with van der Waals surface area (Å²) in [5, 5.41) is 2.33. The zero-order valence-electron chi connectivity index (χ0n) is 3.10. The summed E-state index contributed by atoms with van der Waals surface area (Å²) in [6.07, 6.45) is 0. The van der Waals surface area contributed by atoms with Gasteiger partial charge in [-0.25, -0.2) is 0 Å². The van der Waals surface area contributed by atoms with Crippen LogP contribution in [0.3, 0.4) is 0 Å². The Labute approximate surface area is 35.3 Å². The lowest BCUT2D eigenvalue weighted by Gasteiger charge is -1.75. The number of ether oxygens (including phenoxy) is 1. The lowest BCUT2D eigenvalue weighted by molar-refractivity contribution is -0.119. The van der Waals surface area contributed by atoms with Gasteiger partial charge in [-0.05, 0) is 0 Å². The van der Waals surface area contributed by atoms with Crippen LogP contribution in [0, 0.1) is 6.73 Å². The summed E-state index contributed by atoms with van der Waals surface area (Å²) in [5.74, 6) is -0.0741. The van der Waals surface area contributed by atoms with Crippen molar-refractivity contribution in [3.63, 3.8) is 0 Å². The van der Waals surface area contributed by atoms with E-state index >= 15 is 0 Å². The van der Waals surface area contributed by atoms with Crippen LogP contribution in [0.2, 0.25) is 0 Å². The molecule has 1 aliphatic heterocycles. The van der Waals surface area contributed by atoms with Gasteiger partial charge in [0, 0.05) is 0 Å². The molecule has 1 heterocycles. The first-order valence-electron chi connectivity index (χ1n) is 1.62. The minimum Gasteiger partial charge on any atom is -0.344 e. The van der Waals surface area contributed by atoms with E-state index in [9.17, 15) is 4.79 Å². The molecule has 0 aromatic carbocycles. The molecule has 3 heteroatoms. The van der Waals surface area contributed by atoms with Crippen LogP contribution < -0.4 is 5.32 Å². The molecular weight excluding hydrogens is 82.0 g/mol. The summed E-state index contributed by atoms with van der Waals surface area (Å²) in [4.78, 5) is 9.98. The smallest absolute Gasteiger partial charge is 0.248 e. The Hall–Kier alpha value is -0.570. The van der Waals surface area contributed by atoms with Crippen molar-refractivity contribution >= 4 is 5.91 Å². The van der Waals surface area contributed by atoms with Gasteiger partial charge >= 0.3 is 0 Å². The summed E-state index contributed by atoms with van der Waals surface area (Å²) in [7, 11) is 0. The second-order valence-corrected chi connectivity index (χ2v) is 0.996. The van der Waals surface area contributed by atoms with E-state index in [0.29, 0.717) is 0 Å². The maximum absolute atomic E-state index is 9.98. The molecule has 0 aliphatic carbocycles. The van der Waals surface area contributed by atoms with Crippen LogP contribution in [0.25, 0.3) is 0 Å². The Kier molecular flexibility index (Phi) is 0.759. The highest BCUT2D eigenvalue weighted by atomic mass is 16.5. The summed E-state index contributed by atoms with van der Waals surface area (Å²) < 4.78 is 4.47. The van der Waals surface area contributed by atoms with E-state index in [-0.39, 0.29) is 12.5 Å². The third-order valence-corrected chi connectivity index (χ3v) is 0.518. The van der Waals surface area contributed by atoms with E-state index < -0.39 is 0 Å². The molecule has 3 nitrogen and oxygen atoms in total. The van der Waals surface area contributed by atoms with Gasteiger partial charge in [-0.15, -0.1) is 0 Å². The highest BCUT2D eigenvalue weighted by Crippen LogP contribution is 1.84. The van der Waals surface area contributed by atoms with Gasteiger partial charge in [-0.2, -0.15) is 0 Å². The van der Waals surface area contributed by atoms with E-state index in [4.69, 9.17) is 0 Å². The molecule has 0 aromatic heterocycles. The molecule has 0 spiro atoms. The number of amides is 1. The van der Waals surface area contributed by atoms with Crippen molar-refractivity contribution in [2.24, 2.45) is 0 Å². The van der Waals surface area contributed by atoms with E-state index in [0.717, 1.165) is 0 Å². The highest BCUT2D eigenvalue weighted by molar-refractivity contribution is 5.79. The van der Waals surface area contributed by atoms with Gasteiger partial charge in [-0.3, -0.25) is 4.79 Å². The normalized spacial score (nSPS) is 21.0. The molecule has 0 bridgehead atoms. The Bertz CT molecular complexity index is 63.2. The highest BCUT2D eigenvalue weighted by Gasteiger charge is 2.06. The number of carbonyl (C=O) groups is 1. The fourth-order valence-corrected chi connectivity index (χ4v) is 0.266. The Morgan fingerprint density at radius 1 is 2.00 bits per heavy atom. The third kappa shape index (κ3) is 0.490. The van der Waals surface area contributed by atoms with Crippen molar-refractivity contribution in [1.82, 2.24) is 5.32 Å². The van der Waals surface area contributed by atoms with E-state index in [1.54, 1.807) is 0 Å². The Morgan fingerprint density at radius 2 is 2.83 bits per heavy atom. The van der Waals surface area contributed by atoms with Crippen molar-refractivity contribution in [3.8, 4) is 0 Å². The average Bonchev–Trinajstić information content (AvgIpc) is 1.86. The van der Waals surface area contributed by atoms with Gasteiger partial charge in [0.2, 0.25) is 5.91 Å². The molecule has 6 heavy (non-hydrogen) atoms. The van der Waals surface area contributed by atoms with Gasteiger partial charge in [-0.1, -0.05) is 0 Å². The topological polar surface area (TPSA) is 38.3 Å².